The molecule has 0 atom stereocenters. The van der Waals surface area contributed by atoms with E-state index < -0.39 is 0 Å². The van der Waals surface area contributed by atoms with E-state index in [0.717, 1.165) is 16.8 Å². The molecule has 1 aromatic heterocycles. The third-order valence-corrected chi connectivity index (χ3v) is 3.15. The van der Waals surface area contributed by atoms with Crippen molar-refractivity contribution in [1.82, 2.24) is 15.0 Å². The van der Waals surface area contributed by atoms with E-state index in [2.05, 4.69) is 20.3 Å². The van der Waals surface area contributed by atoms with Gasteiger partial charge in [0.05, 0.1) is 6.42 Å². The highest BCUT2D eigenvalue weighted by Crippen LogP contribution is 2.27. The van der Waals surface area contributed by atoms with Gasteiger partial charge in [-0.2, -0.15) is 0 Å². The molecule has 102 valence electrons. The molecular weight excluding hydrogens is 254 g/mol. The fourth-order valence-electron chi connectivity index (χ4n) is 2.28. The monoisotopic (exact) mass is 269 g/mol. The van der Waals surface area contributed by atoms with Crippen molar-refractivity contribution in [2.45, 2.75) is 19.8 Å². The molecule has 1 aromatic carbocycles. The van der Waals surface area contributed by atoms with Crippen LogP contribution in [-0.2, 0) is 17.6 Å². The average molecular weight is 269 g/mol. The van der Waals surface area contributed by atoms with Crippen molar-refractivity contribution in [2.75, 3.05) is 11.9 Å². The van der Waals surface area contributed by atoms with E-state index in [1.807, 2.05) is 25.1 Å². The van der Waals surface area contributed by atoms with E-state index in [1.54, 1.807) is 0 Å². The van der Waals surface area contributed by atoms with Crippen LogP contribution in [0, 0.1) is 6.92 Å². The Morgan fingerprint density at radius 1 is 1.30 bits per heavy atom. The van der Waals surface area contributed by atoms with Crippen LogP contribution >= 0.6 is 0 Å². The molecule has 0 unspecified atom stereocenters. The molecule has 0 saturated heterocycles. The lowest BCUT2D eigenvalue weighted by Crippen LogP contribution is -2.09. The topological polar surface area (TPSA) is 93.8 Å². The van der Waals surface area contributed by atoms with Crippen molar-refractivity contribution < 1.29 is 4.79 Å². The molecule has 1 aliphatic rings. The first kappa shape index (κ1) is 12.7. The summed E-state index contributed by atoms with van der Waals surface area (Å²) in [5.74, 6) is 2.02. The molecule has 2 heterocycles. The van der Waals surface area contributed by atoms with Crippen molar-refractivity contribution >= 4 is 11.6 Å². The molecule has 2 aromatic rings. The SMILES string of the molecule is Cc1nc(CCN)nc(-c2ccc3c(c2)CC(=O)N3)n1. The summed E-state index contributed by atoms with van der Waals surface area (Å²) in [7, 11) is 0. The summed E-state index contributed by atoms with van der Waals surface area (Å²) >= 11 is 0. The van der Waals surface area contributed by atoms with Gasteiger partial charge in [0.15, 0.2) is 5.82 Å². The minimum absolute atomic E-state index is 0.0211. The summed E-state index contributed by atoms with van der Waals surface area (Å²) in [6, 6.07) is 5.75. The number of hydrogen-bond acceptors (Lipinski definition) is 5. The van der Waals surface area contributed by atoms with Crippen LogP contribution in [0.1, 0.15) is 17.2 Å². The van der Waals surface area contributed by atoms with Gasteiger partial charge >= 0.3 is 0 Å². The molecule has 0 aliphatic carbocycles. The van der Waals surface area contributed by atoms with Crippen LogP contribution in [0.2, 0.25) is 0 Å². The lowest BCUT2D eigenvalue weighted by Gasteiger charge is -2.06. The van der Waals surface area contributed by atoms with Crippen molar-refractivity contribution in [2.24, 2.45) is 5.73 Å². The molecule has 0 radical (unpaired) electrons. The Morgan fingerprint density at radius 3 is 2.95 bits per heavy atom. The second kappa shape index (κ2) is 4.97. The maximum atomic E-state index is 11.4. The predicted molar refractivity (Wildman–Crippen MR) is 75.1 cm³/mol. The van der Waals surface area contributed by atoms with E-state index >= 15 is 0 Å². The van der Waals surface area contributed by atoms with Crippen molar-refractivity contribution in [1.29, 1.82) is 0 Å². The van der Waals surface area contributed by atoms with Crippen LogP contribution in [0.25, 0.3) is 11.4 Å². The summed E-state index contributed by atoms with van der Waals surface area (Å²) in [6.07, 6.45) is 1.03. The maximum Gasteiger partial charge on any atom is 0.228 e. The average Bonchev–Trinajstić information content (AvgIpc) is 2.77. The number of aryl methyl sites for hydroxylation is 1. The predicted octanol–water partition coefficient (Wildman–Crippen LogP) is 0.843. The number of fused-ring (bicyclic) bond motifs is 1. The Hall–Kier alpha value is -2.34. The standard InChI is InChI=1S/C14H15N5O/c1-8-16-12(4-5-15)19-14(17-8)9-2-3-11-10(6-9)7-13(20)18-11/h2-3,6H,4-5,7,15H2,1H3,(H,18,20). The highest BCUT2D eigenvalue weighted by atomic mass is 16.1. The highest BCUT2D eigenvalue weighted by Gasteiger charge is 2.18. The van der Waals surface area contributed by atoms with Crippen LogP contribution < -0.4 is 11.1 Å². The van der Waals surface area contributed by atoms with Crippen molar-refractivity contribution in [3.8, 4) is 11.4 Å². The first-order valence-electron chi connectivity index (χ1n) is 6.50. The van der Waals surface area contributed by atoms with Gasteiger partial charge < -0.3 is 11.1 Å². The van der Waals surface area contributed by atoms with Crippen LogP contribution in [0.4, 0.5) is 5.69 Å². The number of nitrogens with two attached hydrogens (primary N) is 1. The van der Waals surface area contributed by atoms with Gasteiger partial charge in [-0.25, -0.2) is 15.0 Å². The third kappa shape index (κ3) is 2.37. The third-order valence-electron chi connectivity index (χ3n) is 3.15. The normalized spacial score (nSPS) is 13.2. The number of benzene rings is 1. The molecule has 3 N–H and O–H groups in total. The number of nitrogens with one attached hydrogen (secondary N) is 1. The quantitative estimate of drug-likeness (QED) is 0.861. The number of nitrogens with zero attached hydrogens (tertiary/aromatic N) is 3. The van der Waals surface area contributed by atoms with Gasteiger partial charge in [-0.3, -0.25) is 4.79 Å². The molecule has 20 heavy (non-hydrogen) atoms. The summed E-state index contributed by atoms with van der Waals surface area (Å²) in [4.78, 5) is 24.4. The number of hydrogen-bond donors (Lipinski definition) is 2. The fourth-order valence-corrected chi connectivity index (χ4v) is 2.28. The van der Waals surface area contributed by atoms with Crippen LogP contribution in [-0.4, -0.2) is 27.4 Å². The Kier molecular flexibility index (Phi) is 3.15. The molecule has 0 fully saturated rings. The van der Waals surface area contributed by atoms with Crippen LogP contribution in [0.5, 0.6) is 0 Å². The number of anilines is 1. The molecule has 1 amide bonds. The molecule has 0 spiro atoms. The molecule has 0 saturated carbocycles. The summed E-state index contributed by atoms with van der Waals surface area (Å²) in [6.45, 7) is 2.34. The Morgan fingerprint density at radius 2 is 2.15 bits per heavy atom. The van der Waals surface area contributed by atoms with Gasteiger partial charge in [0.1, 0.15) is 11.6 Å². The summed E-state index contributed by atoms with van der Waals surface area (Å²) in [5.41, 5.74) is 8.28. The molecule has 6 heteroatoms. The zero-order valence-electron chi connectivity index (χ0n) is 11.2. The molecular formula is C14H15N5O. The Balaban J connectivity index is 2.01. The van der Waals surface area contributed by atoms with Crippen LogP contribution in [0.3, 0.4) is 0 Å². The lowest BCUT2D eigenvalue weighted by atomic mass is 10.1. The van der Waals surface area contributed by atoms with E-state index in [9.17, 15) is 4.79 Å². The molecule has 6 nitrogen and oxygen atoms in total. The second-order valence-corrected chi connectivity index (χ2v) is 4.76. The Bertz CT molecular complexity index is 683. The second-order valence-electron chi connectivity index (χ2n) is 4.76. The number of carbonyl (C=O) groups is 1. The van der Waals surface area contributed by atoms with Crippen molar-refractivity contribution in [3.05, 3.63) is 35.4 Å². The van der Waals surface area contributed by atoms with Gasteiger partial charge in [0.25, 0.3) is 0 Å². The summed E-state index contributed by atoms with van der Waals surface area (Å²) in [5, 5.41) is 2.81. The molecule has 3 rings (SSSR count). The number of amides is 1. The minimum atomic E-state index is 0.0211. The van der Waals surface area contributed by atoms with Crippen LogP contribution in [0.15, 0.2) is 18.2 Å². The van der Waals surface area contributed by atoms with Gasteiger partial charge in [0.2, 0.25) is 5.91 Å². The zero-order valence-corrected chi connectivity index (χ0v) is 11.2. The first-order valence-corrected chi connectivity index (χ1v) is 6.50. The minimum Gasteiger partial charge on any atom is -0.330 e. The number of rotatable bonds is 3. The van der Waals surface area contributed by atoms with Crippen molar-refractivity contribution in [3.63, 3.8) is 0 Å². The van der Waals surface area contributed by atoms with Gasteiger partial charge in [0, 0.05) is 17.7 Å². The Labute approximate surface area is 116 Å². The first-order chi connectivity index (χ1) is 9.65. The smallest absolute Gasteiger partial charge is 0.228 e. The van der Waals surface area contributed by atoms with Gasteiger partial charge in [-0.05, 0) is 37.2 Å². The molecule has 0 bridgehead atoms. The highest BCUT2D eigenvalue weighted by molar-refractivity contribution is 5.99. The fraction of sp³-hybridized carbons (Fsp3) is 0.286. The van der Waals surface area contributed by atoms with E-state index in [4.69, 9.17) is 5.73 Å². The number of carbonyl (C=O) groups excluding carboxylic acids is 1. The van der Waals surface area contributed by atoms with E-state index in [1.165, 1.54) is 0 Å². The lowest BCUT2D eigenvalue weighted by molar-refractivity contribution is -0.115. The zero-order chi connectivity index (χ0) is 14.1. The maximum absolute atomic E-state index is 11.4. The number of aromatic nitrogens is 3. The van der Waals surface area contributed by atoms with E-state index in [-0.39, 0.29) is 5.91 Å². The van der Waals surface area contributed by atoms with E-state index in [0.29, 0.717) is 36.9 Å². The van der Waals surface area contributed by atoms with Gasteiger partial charge in [-0.1, -0.05) is 0 Å². The van der Waals surface area contributed by atoms with Gasteiger partial charge in [-0.15, -0.1) is 0 Å². The summed E-state index contributed by atoms with van der Waals surface area (Å²) < 4.78 is 0. The largest absolute Gasteiger partial charge is 0.330 e. The molecule has 1 aliphatic heterocycles.